The monoisotopic (exact) mass is 357 g/mol. The van der Waals surface area contributed by atoms with Crippen LogP contribution in [0, 0.1) is 12.7 Å². The smallest absolute Gasteiger partial charge is 0.277 e. The Balaban J connectivity index is 1.53. The van der Waals surface area contributed by atoms with E-state index in [4.69, 9.17) is 4.42 Å². The van der Waals surface area contributed by atoms with Crippen LogP contribution in [0.25, 0.3) is 0 Å². The van der Waals surface area contributed by atoms with Crippen LogP contribution < -0.4 is 5.32 Å². The van der Waals surface area contributed by atoms with Gasteiger partial charge in [0.15, 0.2) is 0 Å². The number of hydrogen-bond acceptors (Lipinski definition) is 5. The van der Waals surface area contributed by atoms with Crippen LogP contribution in [0.2, 0.25) is 0 Å². The SMILES string of the molecule is Cc1c(F)cccc1NC(=O)CSc1nnc(Cc2ccccc2)o1. The van der Waals surface area contributed by atoms with Gasteiger partial charge < -0.3 is 9.73 Å². The molecule has 0 unspecified atom stereocenters. The van der Waals surface area contributed by atoms with E-state index in [1.807, 2.05) is 30.3 Å². The normalized spacial score (nSPS) is 10.6. The van der Waals surface area contributed by atoms with Crippen LogP contribution in [0.4, 0.5) is 10.1 Å². The standard InChI is InChI=1S/C18H16FN3O2S/c1-12-14(19)8-5-9-15(12)20-16(23)11-25-18-22-21-17(24-18)10-13-6-3-2-4-7-13/h2-9H,10-11H2,1H3,(H,20,23). The summed E-state index contributed by atoms with van der Waals surface area (Å²) in [5.41, 5.74) is 1.94. The van der Waals surface area contributed by atoms with Gasteiger partial charge in [-0.05, 0) is 24.6 Å². The molecule has 0 saturated carbocycles. The Morgan fingerprint density at radius 2 is 1.96 bits per heavy atom. The molecule has 25 heavy (non-hydrogen) atoms. The Labute approximate surface area is 148 Å². The first kappa shape index (κ1) is 17.2. The highest BCUT2D eigenvalue weighted by molar-refractivity contribution is 7.99. The zero-order valence-corrected chi connectivity index (χ0v) is 14.3. The number of carbonyl (C=O) groups excluding carboxylic acids is 1. The lowest BCUT2D eigenvalue weighted by Gasteiger charge is -2.07. The molecular weight excluding hydrogens is 341 g/mol. The maximum absolute atomic E-state index is 13.5. The summed E-state index contributed by atoms with van der Waals surface area (Å²) < 4.78 is 19.0. The van der Waals surface area contributed by atoms with Crippen LogP contribution in [0.1, 0.15) is 17.0 Å². The molecule has 3 rings (SSSR count). The number of benzene rings is 2. The predicted octanol–water partition coefficient (Wildman–Crippen LogP) is 3.84. The van der Waals surface area contributed by atoms with E-state index >= 15 is 0 Å². The molecule has 5 nitrogen and oxygen atoms in total. The number of hydrogen-bond donors (Lipinski definition) is 1. The van der Waals surface area contributed by atoms with Crippen LogP contribution in [0.15, 0.2) is 58.2 Å². The summed E-state index contributed by atoms with van der Waals surface area (Å²) in [4.78, 5) is 12.0. The number of nitrogens with one attached hydrogen (secondary N) is 1. The fourth-order valence-electron chi connectivity index (χ4n) is 2.19. The number of halogens is 1. The molecule has 3 aromatic rings. The lowest BCUT2D eigenvalue weighted by Crippen LogP contribution is -2.15. The zero-order chi connectivity index (χ0) is 17.6. The minimum absolute atomic E-state index is 0.100. The molecule has 0 saturated heterocycles. The molecule has 0 spiro atoms. The summed E-state index contributed by atoms with van der Waals surface area (Å²) in [5.74, 6) is -0.0207. The molecule has 128 valence electrons. The second-order valence-corrected chi connectivity index (χ2v) is 6.30. The van der Waals surface area contributed by atoms with Crippen molar-refractivity contribution in [3.05, 3.63) is 71.4 Å². The fourth-order valence-corrected chi connectivity index (χ4v) is 2.78. The first-order valence-corrected chi connectivity index (χ1v) is 8.64. The molecule has 0 radical (unpaired) electrons. The second-order valence-electron chi connectivity index (χ2n) is 5.37. The number of thioether (sulfide) groups is 1. The number of aromatic nitrogens is 2. The highest BCUT2D eigenvalue weighted by Crippen LogP contribution is 2.20. The Hall–Kier alpha value is -2.67. The van der Waals surface area contributed by atoms with Gasteiger partial charge in [-0.1, -0.05) is 48.2 Å². The predicted molar refractivity (Wildman–Crippen MR) is 94.0 cm³/mol. The molecule has 7 heteroatoms. The van der Waals surface area contributed by atoms with Gasteiger partial charge in [0.05, 0.1) is 12.2 Å². The van der Waals surface area contributed by atoms with E-state index in [-0.39, 0.29) is 17.5 Å². The van der Waals surface area contributed by atoms with Crippen molar-refractivity contribution in [1.29, 1.82) is 0 Å². The average molecular weight is 357 g/mol. The van der Waals surface area contributed by atoms with Gasteiger partial charge in [-0.3, -0.25) is 4.79 Å². The number of nitrogens with zero attached hydrogens (tertiary/aromatic N) is 2. The molecule has 0 aliphatic carbocycles. The maximum atomic E-state index is 13.5. The molecule has 1 amide bonds. The fraction of sp³-hybridized carbons (Fsp3) is 0.167. The summed E-state index contributed by atoms with van der Waals surface area (Å²) in [6.07, 6.45) is 0.545. The Kier molecular flexibility index (Phi) is 5.45. The minimum atomic E-state index is -0.354. The van der Waals surface area contributed by atoms with E-state index in [2.05, 4.69) is 15.5 Å². The van der Waals surface area contributed by atoms with E-state index in [1.165, 1.54) is 6.07 Å². The second kappa shape index (κ2) is 7.94. The van der Waals surface area contributed by atoms with Gasteiger partial charge in [-0.2, -0.15) is 0 Å². The van der Waals surface area contributed by atoms with Gasteiger partial charge in [0, 0.05) is 11.3 Å². The first-order chi connectivity index (χ1) is 12.1. The van der Waals surface area contributed by atoms with Crippen molar-refractivity contribution in [2.24, 2.45) is 0 Å². The van der Waals surface area contributed by atoms with Crippen LogP contribution in [0.3, 0.4) is 0 Å². The van der Waals surface area contributed by atoms with Crippen LogP contribution >= 0.6 is 11.8 Å². The lowest BCUT2D eigenvalue weighted by molar-refractivity contribution is -0.113. The van der Waals surface area contributed by atoms with Gasteiger partial charge in [0.2, 0.25) is 11.8 Å². The van der Waals surface area contributed by atoms with E-state index in [0.717, 1.165) is 17.3 Å². The molecule has 0 atom stereocenters. The number of carbonyl (C=O) groups is 1. The Morgan fingerprint density at radius 1 is 1.16 bits per heavy atom. The molecular formula is C18H16FN3O2S. The Morgan fingerprint density at radius 3 is 2.76 bits per heavy atom. The van der Waals surface area contributed by atoms with Gasteiger partial charge in [0.25, 0.3) is 5.22 Å². The average Bonchev–Trinajstić information content (AvgIpc) is 3.05. The minimum Gasteiger partial charge on any atom is -0.416 e. The van der Waals surface area contributed by atoms with Gasteiger partial charge in [-0.15, -0.1) is 10.2 Å². The number of amides is 1. The van der Waals surface area contributed by atoms with E-state index in [1.54, 1.807) is 19.1 Å². The zero-order valence-electron chi connectivity index (χ0n) is 13.5. The lowest BCUT2D eigenvalue weighted by atomic mass is 10.2. The first-order valence-electron chi connectivity index (χ1n) is 7.66. The molecule has 0 bridgehead atoms. The third-order valence-corrected chi connectivity index (χ3v) is 4.33. The molecule has 0 aliphatic rings. The van der Waals surface area contributed by atoms with Crippen molar-refractivity contribution in [3.63, 3.8) is 0 Å². The molecule has 0 aliphatic heterocycles. The van der Waals surface area contributed by atoms with Crippen molar-refractivity contribution in [2.75, 3.05) is 11.1 Å². The van der Waals surface area contributed by atoms with E-state index in [9.17, 15) is 9.18 Å². The van der Waals surface area contributed by atoms with Gasteiger partial charge in [0.1, 0.15) is 5.82 Å². The largest absolute Gasteiger partial charge is 0.416 e. The van der Waals surface area contributed by atoms with E-state index < -0.39 is 0 Å². The number of anilines is 1. The van der Waals surface area contributed by atoms with Crippen molar-refractivity contribution < 1.29 is 13.6 Å². The van der Waals surface area contributed by atoms with Crippen LogP contribution in [-0.4, -0.2) is 21.9 Å². The van der Waals surface area contributed by atoms with E-state index in [0.29, 0.717) is 28.8 Å². The molecule has 1 aromatic heterocycles. The third kappa shape index (κ3) is 4.67. The van der Waals surface area contributed by atoms with Crippen molar-refractivity contribution in [2.45, 2.75) is 18.6 Å². The Bertz CT molecular complexity index is 868. The maximum Gasteiger partial charge on any atom is 0.277 e. The topological polar surface area (TPSA) is 68.0 Å². The molecule has 0 fully saturated rings. The molecule has 1 heterocycles. The van der Waals surface area contributed by atoms with Crippen molar-refractivity contribution in [1.82, 2.24) is 10.2 Å². The van der Waals surface area contributed by atoms with Crippen LogP contribution in [0.5, 0.6) is 0 Å². The molecule has 1 N–H and O–H groups in total. The summed E-state index contributed by atoms with van der Waals surface area (Å²) in [5, 5.41) is 10.9. The van der Waals surface area contributed by atoms with Crippen molar-refractivity contribution in [3.8, 4) is 0 Å². The summed E-state index contributed by atoms with van der Waals surface area (Å²) in [6.45, 7) is 1.62. The number of rotatable bonds is 6. The highest BCUT2D eigenvalue weighted by atomic mass is 32.2. The van der Waals surface area contributed by atoms with Crippen LogP contribution in [-0.2, 0) is 11.2 Å². The summed E-state index contributed by atoms with van der Waals surface area (Å²) in [6, 6.07) is 14.4. The molecule has 2 aromatic carbocycles. The summed E-state index contributed by atoms with van der Waals surface area (Å²) in [7, 11) is 0. The van der Waals surface area contributed by atoms with Crippen molar-refractivity contribution >= 4 is 23.4 Å². The van der Waals surface area contributed by atoms with Gasteiger partial charge in [-0.25, -0.2) is 4.39 Å². The quantitative estimate of drug-likeness (QED) is 0.679. The third-order valence-electron chi connectivity index (χ3n) is 3.52. The van der Waals surface area contributed by atoms with Gasteiger partial charge >= 0.3 is 0 Å². The highest BCUT2D eigenvalue weighted by Gasteiger charge is 2.12. The summed E-state index contributed by atoms with van der Waals surface area (Å²) >= 11 is 1.14.